The zero-order chi connectivity index (χ0) is 29.3. The molecule has 2 aliphatic rings. The van der Waals surface area contributed by atoms with Crippen LogP contribution in [0.25, 0.3) is 28.0 Å². The lowest BCUT2D eigenvalue weighted by atomic mass is 10.1. The van der Waals surface area contributed by atoms with Gasteiger partial charge in [-0.15, -0.1) is 0 Å². The summed E-state index contributed by atoms with van der Waals surface area (Å²) in [4.78, 5) is 21.5. The molecule has 0 spiro atoms. The van der Waals surface area contributed by atoms with Crippen molar-refractivity contribution in [2.75, 3.05) is 69.7 Å². The number of furan rings is 1. The van der Waals surface area contributed by atoms with Gasteiger partial charge in [0, 0.05) is 57.4 Å². The Bertz CT molecular complexity index is 1740. The van der Waals surface area contributed by atoms with Gasteiger partial charge < -0.3 is 30.4 Å². The number of hydrogen-bond acceptors (Lipinski definition) is 10. The number of morpholine rings is 1. The molecular formula is C29H33FN10O3. The number of rotatable bonds is 8. The van der Waals surface area contributed by atoms with E-state index in [-0.39, 0.29) is 17.9 Å². The van der Waals surface area contributed by atoms with Crippen LogP contribution >= 0.6 is 0 Å². The van der Waals surface area contributed by atoms with Gasteiger partial charge in [-0.3, -0.25) is 9.69 Å². The van der Waals surface area contributed by atoms with Crippen LogP contribution in [-0.2, 0) is 11.3 Å². The summed E-state index contributed by atoms with van der Waals surface area (Å²) in [5.74, 6) is 0.241. The van der Waals surface area contributed by atoms with E-state index < -0.39 is 5.82 Å². The van der Waals surface area contributed by atoms with Crippen molar-refractivity contribution in [3.63, 3.8) is 0 Å². The maximum atomic E-state index is 15.1. The van der Waals surface area contributed by atoms with E-state index in [2.05, 4.69) is 30.7 Å². The van der Waals surface area contributed by atoms with Crippen molar-refractivity contribution < 1.29 is 18.3 Å². The molecule has 1 atom stereocenters. The average molecular weight is 589 g/mol. The van der Waals surface area contributed by atoms with Crippen molar-refractivity contribution in [1.82, 2.24) is 39.9 Å². The molecule has 13 nitrogen and oxygen atoms in total. The van der Waals surface area contributed by atoms with E-state index >= 15 is 4.39 Å². The Hall–Kier alpha value is -4.53. The first kappa shape index (κ1) is 27.3. The minimum absolute atomic E-state index is 0.0633. The highest BCUT2D eigenvalue weighted by atomic mass is 19.1. The summed E-state index contributed by atoms with van der Waals surface area (Å²) in [5, 5.41) is 16.1. The molecule has 4 aromatic heterocycles. The number of fused-ring (bicyclic) bond motifs is 3. The maximum absolute atomic E-state index is 15.1. The van der Waals surface area contributed by atoms with Gasteiger partial charge in [0.2, 0.25) is 5.95 Å². The van der Waals surface area contributed by atoms with Gasteiger partial charge >= 0.3 is 0 Å². The molecule has 43 heavy (non-hydrogen) atoms. The van der Waals surface area contributed by atoms with Gasteiger partial charge in [0.15, 0.2) is 11.4 Å². The number of piperazine rings is 1. The molecule has 0 saturated carbocycles. The third-order valence-corrected chi connectivity index (χ3v) is 8.07. The number of anilines is 2. The predicted molar refractivity (Wildman–Crippen MR) is 158 cm³/mol. The van der Waals surface area contributed by atoms with Crippen molar-refractivity contribution in [3.8, 4) is 11.5 Å². The van der Waals surface area contributed by atoms with E-state index in [0.29, 0.717) is 67.7 Å². The van der Waals surface area contributed by atoms with Crippen LogP contribution in [0.4, 0.5) is 16.0 Å². The summed E-state index contributed by atoms with van der Waals surface area (Å²) < 4.78 is 29.4. The second-order valence-corrected chi connectivity index (χ2v) is 10.8. The van der Waals surface area contributed by atoms with Crippen LogP contribution in [0.2, 0.25) is 0 Å². The number of carbonyl (C=O) groups is 1. The van der Waals surface area contributed by atoms with Gasteiger partial charge in [0.1, 0.15) is 11.5 Å². The van der Waals surface area contributed by atoms with Gasteiger partial charge in [-0.05, 0) is 36.4 Å². The number of hydrogen-bond donors (Lipinski definition) is 3. The lowest BCUT2D eigenvalue weighted by Gasteiger charge is -2.36. The number of amides is 1. The third-order valence-electron chi connectivity index (χ3n) is 8.07. The largest absolute Gasteiger partial charge is 0.463 e. The standard InChI is InChI=1S/C29H33FN10O3/c30-22-14-19(28(41)33-16-20-18-42-13-5-32-20)3-4-24(22)38-9-6-37(7-10-38)8-11-39-27-21(17-34-39)25-15-23(26-2-1-12-43-26)36-40(25)29(31)35-27/h1-4,12,14-15,17,20,32H,5-11,13,16,18H2,(H2,31,35)(H,33,41). The highest BCUT2D eigenvalue weighted by Crippen LogP contribution is 2.27. The first-order valence-corrected chi connectivity index (χ1v) is 14.4. The topological polar surface area (TPSA) is 144 Å². The molecule has 4 N–H and O–H groups in total. The number of ether oxygens (including phenoxy) is 1. The Morgan fingerprint density at radius 1 is 1.16 bits per heavy atom. The van der Waals surface area contributed by atoms with Gasteiger partial charge in [0.05, 0.1) is 48.8 Å². The monoisotopic (exact) mass is 588 g/mol. The molecule has 1 aromatic carbocycles. The zero-order valence-electron chi connectivity index (χ0n) is 23.6. The molecule has 2 fully saturated rings. The number of halogens is 1. The number of benzene rings is 1. The van der Waals surface area contributed by atoms with Crippen LogP contribution in [0, 0.1) is 5.82 Å². The van der Waals surface area contributed by atoms with Crippen LogP contribution < -0.4 is 21.3 Å². The van der Waals surface area contributed by atoms with E-state index in [1.165, 1.54) is 6.07 Å². The highest BCUT2D eigenvalue weighted by Gasteiger charge is 2.22. The minimum Gasteiger partial charge on any atom is -0.463 e. The molecule has 0 bridgehead atoms. The van der Waals surface area contributed by atoms with Crippen molar-refractivity contribution in [1.29, 1.82) is 0 Å². The molecule has 0 aliphatic carbocycles. The Kier molecular flexibility index (Phi) is 7.39. The van der Waals surface area contributed by atoms with Gasteiger partial charge in [-0.25, -0.2) is 9.07 Å². The first-order chi connectivity index (χ1) is 21.0. The smallest absolute Gasteiger partial charge is 0.251 e. The average Bonchev–Trinajstić information content (AvgIpc) is 3.80. The predicted octanol–water partition coefficient (Wildman–Crippen LogP) is 1.60. The highest BCUT2D eigenvalue weighted by molar-refractivity contribution is 5.95. The van der Waals surface area contributed by atoms with E-state index in [1.54, 1.807) is 29.1 Å². The number of carbonyl (C=O) groups excluding carboxylic acids is 1. The van der Waals surface area contributed by atoms with Crippen molar-refractivity contribution in [3.05, 3.63) is 60.2 Å². The number of nitrogens with one attached hydrogen (secondary N) is 2. The van der Waals surface area contributed by atoms with Gasteiger partial charge in [0.25, 0.3) is 5.91 Å². The van der Waals surface area contributed by atoms with Gasteiger partial charge in [-0.1, -0.05) is 0 Å². The van der Waals surface area contributed by atoms with Crippen molar-refractivity contribution in [2.45, 2.75) is 12.6 Å². The fourth-order valence-electron chi connectivity index (χ4n) is 5.71. The molecule has 14 heteroatoms. The quantitative estimate of drug-likeness (QED) is 0.245. The Balaban J connectivity index is 0.953. The second-order valence-electron chi connectivity index (χ2n) is 10.8. The van der Waals surface area contributed by atoms with Crippen molar-refractivity contribution in [2.24, 2.45) is 0 Å². The van der Waals surface area contributed by atoms with Crippen LogP contribution in [0.15, 0.2) is 53.3 Å². The number of nitrogen functional groups attached to an aromatic ring is 1. The Morgan fingerprint density at radius 2 is 2.05 bits per heavy atom. The lowest BCUT2D eigenvalue weighted by molar-refractivity contribution is 0.0734. The van der Waals surface area contributed by atoms with Crippen LogP contribution in [-0.4, -0.2) is 100 Å². The normalized spacial score (nSPS) is 18.1. The number of nitrogens with zero attached hydrogens (tertiary/aromatic N) is 7. The second kappa shape index (κ2) is 11.6. The molecule has 0 radical (unpaired) electrons. The zero-order valence-corrected chi connectivity index (χ0v) is 23.6. The van der Waals surface area contributed by atoms with E-state index in [9.17, 15) is 4.79 Å². The molecule has 6 heterocycles. The van der Waals surface area contributed by atoms with E-state index in [1.807, 2.05) is 27.8 Å². The Labute approximate surface area is 246 Å². The summed E-state index contributed by atoms with van der Waals surface area (Å²) in [6.45, 7) is 6.69. The molecule has 1 amide bonds. The van der Waals surface area contributed by atoms with Crippen LogP contribution in [0.1, 0.15) is 10.4 Å². The molecule has 7 rings (SSSR count). The van der Waals surface area contributed by atoms with Crippen LogP contribution in [0.5, 0.6) is 0 Å². The molecule has 5 aromatic rings. The Morgan fingerprint density at radius 3 is 2.81 bits per heavy atom. The number of aromatic nitrogens is 5. The van der Waals surface area contributed by atoms with E-state index in [0.717, 1.165) is 37.1 Å². The summed E-state index contributed by atoms with van der Waals surface area (Å²) in [6.07, 6.45) is 3.39. The summed E-state index contributed by atoms with van der Waals surface area (Å²) in [5.41, 5.74) is 9.26. The van der Waals surface area contributed by atoms with Gasteiger partial charge in [-0.2, -0.15) is 19.7 Å². The molecule has 1 unspecified atom stereocenters. The maximum Gasteiger partial charge on any atom is 0.251 e. The van der Waals surface area contributed by atoms with Crippen LogP contribution in [0.3, 0.4) is 0 Å². The number of nitrogens with two attached hydrogens (primary N) is 1. The first-order valence-electron chi connectivity index (χ1n) is 14.4. The minimum atomic E-state index is -0.395. The fraction of sp³-hybridized carbons (Fsp3) is 0.379. The lowest BCUT2D eigenvalue weighted by Crippen LogP contribution is -2.48. The fourth-order valence-corrected chi connectivity index (χ4v) is 5.71. The summed E-state index contributed by atoms with van der Waals surface area (Å²) in [7, 11) is 0. The summed E-state index contributed by atoms with van der Waals surface area (Å²) in [6, 6.07) is 10.3. The molecular weight excluding hydrogens is 555 g/mol. The third kappa shape index (κ3) is 5.51. The van der Waals surface area contributed by atoms with Crippen molar-refractivity contribution >= 4 is 34.1 Å². The van der Waals surface area contributed by atoms with E-state index in [4.69, 9.17) is 14.9 Å². The SMILES string of the molecule is Nc1nc2c(cnn2CCN2CCN(c3ccc(C(=O)NCC4COCCN4)cc3F)CC2)c2cc(-c3ccco3)nn12. The summed E-state index contributed by atoms with van der Waals surface area (Å²) >= 11 is 0. The molecule has 2 saturated heterocycles. The molecule has 2 aliphatic heterocycles. The molecule has 224 valence electrons.